The maximum absolute atomic E-state index is 14.4. The van der Waals surface area contributed by atoms with Crippen molar-refractivity contribution in [2.75, 3.05) is 25.1 Å². The summed E-state index contributed by atoms with van der Waals surface area (Å²) in [5, 5.41) is 2.62. The summed E-state index contributed by atoms with van der Waals surface area (Å²) in [7, 11) is 0. The Hall–Kier alpha value is -3.94. The Balaban J connectivity index is 1.64. The summed E-state index contributed by atoms with van der Waals surface area (Å²) in [4.78, 5) is 28.9. The summed E-state index contributed by atoms with van der Waals surface area (Å²) < 4.78 is 39.5. The van der Waals surface area contributed by atoms with Gasteiger partial charge in [0.1, 0.15) is 11.6 Å². The van der Waals surface area contributed by atoms with Crippen LogP contribution in [0.2, 0.25) is 0 Å². The van der Waals surface area contributed by atoms with Crippen LogP contribution in [0.5, 0.6) is 11.5 Å². The zero-order valence-corrected chi connectivity index (χ0v) is 20.0. The molecule has 0 saturated heterocycles. The van der Waals surface area contributed by atoms with Crippen molar-refractivity contribution < 1.29 is 27.8 Å². The number of hydrogen-bond acceptors (Lipinski definition) is 4. The number of anilines is 1. The molecule has 0 spiro atoms. The highest BCUT2D eigenvalue weighted by Gasteiger charge is 2.46. The first-order valence-electron chi connectivity index (χ1n) is 12.0. The number of fused-ring (bicyclic) bond motifs is 4. The number of amides is 2. The molecule has 2 aliphatic rings. The maximum atomic E-state index is 14.4. The van der Waals surface area contributed by atoms with E-state index in [1.54, 1.807) is 29.2 Å². The van der Waals surface area contributed by atoms with Crippen LogP contribution in [-0.2, 0) is 11.2 Å². The fraction of sp³-hybridized carbons (Fsp3) is 0.286. The van der Waals surface area contributed by atoms with E-state index in [2.05, 4.69) is 5.32 Å². The average Bonchev–Trinajstić information content (AvgIpc) is 2.86. The highest BCUT2D eigenvalue weighted by molar-refractivity contribution is 6.04. The number of halogens is 2. The van der Waals surface area contributed by atoms with E-state index in [0.29, 0.717) is 48.8 Å². The number of nitrogens with zero attached hydrogens (tertiary/aromatic N) is 1. The zero-order chi connectivity index (χ0) is 25.4. The number of hydrogen-bond donors (Lipinski definition) is 1. The van der Waals surface area contributed by atoms with Crippen molar-refractivity contribution in [2.45, 2.75) is 32.2 Å². The van der Waals surface area contributed by atoms with Crippen LogP contribution in [0.15, 0.2) is 54.6 Å². The van der Waals surface area contributed by atoms with Gasteiger partial charge in [0.2, 0.25) is 5.91 Å². The van der Waals surface area contributed by atoms with Crippen molar-refractivity contribution in [3.05, 3.63) is 88.5 Å². The normalized spacial score (nSPS) is 18.1. The molecule has 0 saturated carbocycles. The molecule has 5 rings (SSSR count). The van der Waals surface area contributed by atoms with Crippen molar-refractivity contribution in [1.29, 1.82) is 0 Å². The predicted molar refractivity (Wildman–Crippen MR) is 130 cm³/mol. The van der Waals surface area contributed by atoms with Gasteiger partial charge in [0.25, 0.3) is 5.91 Å². The van der Waals surface area contributed by atoms with E-state index in [4.69, 9.17) is 9.47 Å². The van der Waals surface area contributed by atoms with E-state index in [0.717, 1.165) is 23.3 Å². The van der Waals surface area contributed by atoms with Crippen LogP contribution in [0.4, 0.5) is 14.5 Å². The lowest BCUT2D eigenvalue weighted by Crippen LogP contribution is -2.49. The molecule has 2 heterocycles. The molecule has 8 heteroatoms. The summed E-state index contributed by atoms with van der Waals surface area (Å²) in [5.74, 6) is -1.93. The third kappa shape index (κ3) is 4.06. The van der Waals surface area contributed by atoms with Crippen LogP contribution in [-0.4, -0.2) is 36.5 Å². The third-order valence-corrected chi connectivity index (χ3v) is 6.66. The first-order chi connectivity index (χ1) is 17.4. The molecule has 0 unspecified atom stereocenters. The lowest BCUT2D eigenvalue weighted by atomic mass is 9.75. The van der Waals surface area contributed by atoms with Crippen molar-refractivity contribution in [2.24, 2.45) is 0 Å². The van der Waals surface area contributed by atoms with Gasteiger partial charge in [0.05, 0.1) is 30.9 Å². The van der Waals surface area contributed by atoms with E-state index in [1.165, 1.54) is 6.07 Å². The van der Waals surface area contributed by atoms with Gasteiger partial charge in [-0.3, -0.25) is 9.59 Å². The number of carbonyl (C=O) groups is 2. The lowest BCUT2D eigenvalue weighted by Gasteiger charge is -2.45. The number of nitrogens with one attached hydrogen (secondary N) is 1. The maximum Gasteiger partial charge on any atom is 0.254 e. The van der Waals surface area contributed by atoms with E-state index >= 15 is 0 Å². The molecule has 0 aromatic heterocycles. The summed E-state index contributed by atoms with van der Waals surface area (Å²) in [6.07, 6.45) is 0.590. The minimum Gasteiger partial charge on any atom is -0.490 e. The van der Waals surface area contributed by atoms with Crippen LogP contribution in [0.3, 0.4) is 0 Å². The SMILES string of the molecule is CCOc1cc2c(cc1OCC)[C@@H]1[C@@H](C(=O)Nc3ccc(F)cc3F)c3ccccc3C(=O)N1CC2. The molecule has 36 heavy (non-hydrogen) atoms. The Morgan fingerprint density at radius 2 is 1.72 bits per heavy atom. The van der Waals surface area contributed by atoms with Crippen LogP contribution in [0, 0.1) is 11.6 Å². The number of benzene rings is 3. The second-order valence-electron chi connectivity index (χ2n) is 8.74. The predicted octanol–water partition coefficient (Wildman–Crippen LogP) is 5.24. The van der Waals surface area contributed by atoms with Crippen LogP contribution in [0.1, 0.15) is 52.9 Å². The molecule has 2 aliphatic heterocycles. The Bertz CT molecular complexity index is 1340. The third-order valence-electron chi connectivity index (χ3n) is 6.66. The van der Waals surface area contributed by atoms with E-state index in [9.17, 15) is 18.4 Å². The van der Waals surface area contributed by atoms with E-state index in [1.807, 2.05) is 26.0 Å². The molecule has 2 atom stereocenters. The molecule has 0 bridgehead atoms. The van der Waals surface area contributed by atoms with Gasteiger partial charge in [-0.1, -0.05) is 18.2 Å². The highest BCUT2D eigenvalue weighted by atomic mass is 19.1. The molecular weight excluding hydrogens is 466 g/mol. The van der Waals surface area contributed by atoms with Crippen LogP contribution in [0.25, 0.3) is 0 Å². The Kier molecular flexibility index (Phi) is 6.35. The van der Waals surface area contributed by atoms with Crippen molar-refractivity contribution in [3.63, 3.8) is 0 Å². The van der Waals surface area contributed by atoms with Gasteiger partial charge in [0, 0.05) is 18.2 Å². The molecule has 1 N–H and O–H groups in total. The molecular formula is C28H26F2N2O4. The largest absolute Gasteiger partial charge is 0.490 e. The minimum absolute atomic E-state index is 0.125. The van der Waals surface area contributed by atoms with Gasteiger partial charge >= 0.3 is 0 Å². The molecule has 3 aromatic carbocycles. The summed E-state index contributed by atoms with van der Waals surface area (Å²) in [5.41, 5.74) is 2.62. The fourth-order valence-corrected chi connectivity index (χ4v) is 5.16. The molecule has 0 aliphatic carbocycles. The number of ether oxygens (including phenoxy) is 2. The number of rotatable bonds is 6. The molecule has 0 fully saturated rings. The zero-order valence-electron chi connectivity index (χ0n) is 20.0. The van der Waals surface area contributed by atoms with Gasteiger partial charge in [0.15, 0.2) is 11.5 Å². The Morgan fingerprint density at radius 1 is 1.00 bits per heavy atom. The van der Waals surface area contributed by atoms with Gasteiger partial charge in [-0.05, 0) is 67.3 Å². The van der Waals surface area contributed by atoms with Crippen molar-refractivity contribution in [1.82, 2.24) is 4.90 Å². The quantitative estimate of drug-likeness (QED) is 0.511. The molecule has 2 amide bonds. The van der Waals surface area contributed by atoms with E-state index < -0.39 is 29.5 Å². The minimum atomic E-state index is -0.871. The summed E-state index contributed by atoms with van der Waals surface area (Å²) in [6, 6.07) is 13.1. The average molecular weight is 493 g/mol. The lowest BCUT2D eigenvalue weighted by molar-refractivity contribution is -0.119. The first kappa shape index (κ1) is 23.8. The van der Waals surface area contributed by atoms with Gasteiger partial charge in [-0.25, -0.2) is 8.78 Å². The Labute approximate surface area is 207 Å². The van der Waals surface area contributed by atoms with Crippen LogP contribution < -0.4 is 14.8 Å². The second kappa shape index (κ2) is 9.60. The summed E-state index contributed by atoms with van der Waals surface area (Å²) >= 11 is 0. The second-order valence-corrected chi connectivity index (χ2v) is 8.74. The standard InChI is InChI=1S/C28H26F2N2O4/c1-3-35-23-13-16-11-12-32-26(20(16)15-24(23)36-4-2)25(18-7-5-6-8-19(18)28(32)34)27(33)31-22-10-9-17(29)14-21(22)30/h5-10,13-15,25-26H,3-4,11-12H2,1-2H3,(H,31,33)/t25-,26+/m0/s1. The molecule has 186 valence electrons. The first-order valence-corrected chi connectivity index (χ1v) is 12.0. The van der Waals surface area contributed by atoms with Crippen molar-refractivity contribution in [3.8, 4) is 11.5 Å². The van der Waals surface area contributed by atoms with Gasteiger partial charge in [-0.15, -0.1) is 0 Å². The Morgan fingerprint density at radius 3 is 2.44 bits per heavy atom. The molecule has 3 aromatic rings. The van der Waals surface area contributed by atoms with Gasteiger partial charge < -0.3 is 19.7 Å². The number of carbonyl (C=O) groups excluding carboxylic acids is 2. The topological polar surface area (TPSA) is 67.9 Å². The van der Waals surface area contributed by atoms with E-state index in [-0.39, 0.29) is 11.6 Å². The van der Waals surface area contributed by atoms with Gasteiger partial charge in [-0.2, -0.15) is 0 Å². The summed E-state index contributed by atoms with van der Waals surface area (Å²) in [6.45, 7) is 5.06. The molecule has 6 nitrogen and oxygen atoms in total. The van der Waals surface area contributed by atoms with Crippen molar-refractivity contribution >= 4 is 17.5 Å². The highest BCUT2D eigenvalue weighted by Crippen LogP contribution is 2.48. The monoisotopic (exact) mass is 492 g/mol. The molecule has 0 radical (unpaired) electrons. The smallest absolute Gasteiger partial charge is 0.254 e. The van der Waals surface area contributed by atoms with Crippen LogP contribution >= 0.6 is 0 Å². The fourth-order valence-electron chi connectivity index (χ4n) is 5.16.